The molecule has 2 aromatic carbocycles. The fourth-order valence-electron chi connectivity index (χ4n) is 3.65. The fraction of sp³-hybridized carbons (Fsp3) is 0.261. The van der Waals surface area contributed by atoms with Gasteiger partial charge in [0.05, 0.1) is 32.6 Å². The van der Waals surface area contributed by atoms with E-state index in [-0.39, 0.29) is 37.1 Å². The number of amides is 1. The van der Waals surface area contributed by atoms with Crippen LogP contribution < -0.4 is 15.4 Å². The lowest BCUT2D eigenvalue weighted by Crippen LogP contribution is -2.42. The van der Waals surface area contributed by atoms with E-state index < -0.39 is 22.0 Å². The Balaban J connectivity index is 0.00000432. The minimum Gasteiger partial charge on any atom is -0.498 e. The number of hydrogen-bond acceptors (Lipinski definition) is 7. The minimum atomic E-state index is -3.62. The SMILES string of the molecule is COC(=O)C(Cc1ccc(N2CC(OC)=C(c3ccc(C(=N)N)cc3)C2=O)cc1)NS(C)(=O)=O.Cl. The monoisotopic (exact) mass is 522 g/mol. The van der Waals surface area contributed by atoms with E-state index in [1.54, 1.807) is 53.4 Å². The number of ether oxygens (including phenoxy) is 2. The first-order chi connectivity index (χ1) is 16.0. The molecule has 3 rings (SSSR count). The maximum atomic E-state index is 13.2. The van der Waals surface area contributed by atoms with E-state index >= 15 is 0 Å². The number of halogens is 1. The molecule has 35 heavy (non-hydrogen) atoms. The summed E-state index contributed by atoms with van der Waals surface area (Å²) < 4.78 is 35.6. The van der Waals surface area contributed by atoms with Gasteiger partial charge in [-0.3, -0.25) is 15.0 Å². The molecule has 12 heteroatoms. The topological polar surface area (TPSA) is 152 Å². The number of amidine groups is 1. The Kier molecular flexibility index (Phi) is 9.02. The largest absolute Gasteiger partial charge is 0.498 e. The number of carbonyl (C=O) groups excluding carboxylic acids is 2. The molecule has 1 aliphatic heterocycles. The van der Waals surface area contributed by atoms with Crippen LogP contribution in [0.4, 0.5) is 5.69 Å². The summed E-state index contributed by atoms with van der Waals surface area (Å²) in [5, 5.41) is 7.52. The number of nitrogens with one attached hydrogen (secondary N) is 2. The lowest BCUT2D eigenvalue weighted by Gasteiger charge is -2.18. The molecule has 0 saturated carbocycles. The molecule has 1 unspecified atom stereocenters. The third-order valence-corrected chi connectivity index (χ3v) is 6.01. The lowest BCUT2D eigenvalue weighted by atomic mass is 10.0. The van der Waals surface area contributed by atoms with Gasteiger partial charge in [0, 0.05) is 11.3 Å². The van der Waals surface area contributed by atoms with Crippen molar-refractivity contribution in [2.45, 2.75) is 12.5 Å². The summed E-state index contributed by atoms with van der Waals surface area (Å²) in [5.41, 5.74) is 8.43. The predicted molar refractivity (Wildman–Crippen MR) is 135 cm³/mol. The molecule has 0 bridgehead atoms. The van der Waals surface area contributed by atoms with E-state index in [2.05, 4.69) is 4.72 Å². The van der Waals surface area contributed by atoms with Gasteiger partial charge in [-0.1, -0.05) is 36.4 Å². The van der Waals surface area contributed by atoms with Crippen LogP contribution >= 0.6 is 12.4 Å². The highest BCUT2D eigenvalue weighted by atomic mass is 35.5. The molecule has 1 amide bonds. The van der Waals surface area contributed by atoms with Crippen LogP contribution in [0, 0.1) is 5.41 Å². The molecule has 1 heterocycles. The summed E-state index contributed by atoms with van der Waals surface area (Å²) in [6.07, 6.45) is 1.06. The summed E-state index contributed by atoms with van der Waals surface area (Å²) >= 11 is 0. The van der Waals surface area contributed by atoms with Crippen molar-refractivity contribution in [1.29, 1.82) is 5.41 Å². The number of hydrogen-bond donors (Lipinski definition) is 3. The standard InChI is InChI=1S/C23H26N4O6S.ClH/c1-32-19-13-27(22(28)20(19)15-6-8-16(9-7-15)21(24)25)17-10-4-14(5-11-17)12-18(23(29)33-2)26-34(3,30)31;/h4-11,18,26H,12-13H2,1-3H3,(H3,24,25);1H. The van der Waals surface area contributed by atoms with Gasteiger partial charge in [-0.25, -0.2) is 13.1 Å². The summed E-state index contributed by atoms with van der Waals surface area (Å²) in [4.78, 5) is 26.8. The van der Waals surface area contributed by atoms with Crippen molar-refractivity contribution >= 4 is 51.4 Å². The van der Waals surface area contributed by atoms with E-state index in [1.807, 2.05) is 0 Å². The van der Waals surface area contributed by atoms with E-state index in [1.165, 1.54) is 14.2 Å². The molecule has 2 aromatic rings. The maximum absolute atomic E-state index is 13.2. The second-order valence-electron chi connectivity index (χ2n) is 7.72. The number of nitrogen functional groups attached to an aromatic ring is 1. The highest BCUT2D eigenvalue weighted by Crippen LogP contribution is 2.32. The van der Waals surface area contributed by atoms with E-state index in [0.29, 0.717) is 33.7 Å². The van der Waals surface area contributed by atoms with E-state index in [0.717, 1.165) is 6.26 Å². The fourth-order valence-corrected chi connectivity index (χ4v) is 4.34. The molecular weight excluding hydrogens is 496 g/mol. The number of anilines is 1. The Morgan fingerprint density at radius 1 is 1.14 bits per heavy atom. The van der Waals surface area contributed by atoms with Crippen molar-refractivity contribution in [2.24, 2.45) is 5.73 Å². The van der Waals surface area contributed by atoms with E-state index in [4.69, 9.17) is 20.6 Å². The zero-order valence-corrected chi connectivity index (χ0v) is 21.0. The molecule has 0 aromatic heterocycles. The van der Waals surface area contributed by atoms with Gasteiger partial charge < -0.3 is 20.1 Å². The first-order valence-corrected chi connectivity index (χ1v) is 12.1. The summed E-state index contributed by atoms with van der Waals surface area (Å²) in [6.45, 7) is 0.235. The van der Waals surface area contributed by atoms with Crippen molar-refractivity contribution in [2.75, 3.05) is 31.9 Å². The molecular formula is C23H27ClN4O6S. The molecule has 0 spiro atoms. The number of benzene rings is 2. The molecule has 1 aliphatic rings. The van der Waals surface area contributed by atoms with Crippen LogP contribution in [0.1, 0.15) is 16.7 Å². The molecule has 188 valence electrons. The van der Waals surface area contributed by atoms with Gasteiger partial charge in [-0.05, 0) is 29.7 Å². The lowest BCUT2D eigenvalue weighted by molar-refractivity contribution is -0.142. The van der Waals surface area contributed by atoms with Crippen LogP contribution in [-0.4, -0.2) is 59.2 Å². The Labute approximate surface area is 210 Å². The van der Waals surface area contributed by atoms with Crippen LogP contribution in [0.5, 0.6) is 0 Å². The van der Waals surface area contributed by atoms with Gasteiger partial charge in [-0.15, -0.1) is 12.4 Å². The van der Waals surface area contributed by atoms with Crippen molar-refractivity contribution in [1.82, 2.24) is 4.72 Å². The summed E-state index contributed by atoms with van der Waals surface area (Å²) in [6, 6.07) is 12.6. The normalized spacial score (nSPS) is 14.4. The van der Waals surface area contributed by atoms with Crippen LogP contribution in [0.3, 0.4) is 0 Å². The van der Waals surface area contributed by atoms with Gasteiger partial charge in [0.25, 0.3) is 5.91 Å². The summed E-state index contributed by atoms with van der Waals surface area (Å²) in [5.74, 6) is -0.495. The number of carbonyl (C=O) groups is 2. The molecule has 4 N–H and O–H groups in total. The van der Waals surface area contributed by atoms with Crippen molar-refractivity contribution in [3.8, 4) is 0 Å². The smallest absolute Gasteiger partial charge is 0.324 e. The molecule has 1 atom stereocenters. The molecule has 0 aliphatic carbocycles. The van der Waals surface area contributed by atoms with Gasteiger partial charge in [0.15, 0.2) is 0 Å². The van der Waals surface area contributed by atoms with Crippen molar-refractivity contribution in [3.05, 3.63) is 71.0 Å². The molecule has 0 fully saturated rings. The first-order valence-electron chi connectivity index (χ1n) is 10.2. The highest BCUT2D eigenvalue weighted by Gasteiger charge is 2.33. The van der Waals surface area contributed by atoms with Crippen molar-refractivity contribution in [3.63, 3.8) is 0 Å². The second-order valence-corrected chi connectivity index (χ2v) is 9.50. The van der Waals surface area contributed by atoms with Crippen LogP contribution in [0.2, 0.25) is 0 Å². The Morgan fingerprint density at radius 2 is 1.74 bits per heavy atom. The van der Waals surface area contributed by atoms with Gasteiger partial charge >= 0.3 is 5.97 Å². The van der Waals surface area contributed by atoms with Crippen LogP contribution in [0.25, 0.3) is 5.57 Å². The third kappa shape index (κ3) is 6.59. The number of nitrogens with zero attached hydrogens (tertiary/aromatic N) is 1. The quantitative estimate of drug-likeness (QED) is 0.256. The highest BCUT2D eigenvalue weighted by molar-refractivity contribution is 7.88. The Morgan fingerprint density at radius 3 is 2.23 bits per heavy atom. The number of esters is 1. The number of rotatable bonds is 9. The van der Waals surface area contributed by atoms with Crippen LogP contribution in [-0.2, 0) is 35.5 Å². The average molecular weight is 523 g/mol. The van der Waals surface area contributed by atoms with Crippen LogP contribution in [0.15, 0.2) is 54.3 Å². The minimum absolute atomic E-state index is 0. The Hall–Kier alpha value is -3.41. The van der Waals surface area contributed by atoms with E-state index in [9.17, 15) is 18.0 Å². The number of sulfonamides is 1. The third-order valence-electron chi connectivity index (χ3n) is 5.30. The van der Waals surface area contributed by atoms with Crippen molar-refractivity contribution < 1.29 is 27.5 Å². The molecule has 0 radical (unpaired) electrons. The zero-order valence-electron chi connectivity index (χ0n) is 19.4. The van der Waals surface area contributed by atoms with Gasteiger partial charge in [0.1, 0.15) is 17.6 Å². The average Bonchev–Trinajstić information content (AvgIpc) is 3.14. The predicted octanol–water partition coefficient (Wildman–Crippen LogP) is 1.43. The van der Waals surface area contributed by atoms with Gasteiger partial charge in [-0.2, -0.15) is 0 Å². The molecule has 10 nitrogen and oxygen atoms in total. The maximum Gasteiger partial charge on any atom is 0.324 e. The second kappa shape index (κ2) is 11.3. The number of methoxy groups -OCH3 is 2. The number of nitrogens with two attached hydrogens (primary N) is 1. The molecule has 0 saturated heterocycles. The first kappa shape index (κ1) is 27.8. The van der Waals surface area contributed by atoms with Gasteiger partial charge in [0.2, 0.25) is 10.0 Å². The zero-order chi connectivity index (χ0) is 25.0. The summed E-state index contributed by atoms with van der Waals surface area (Å²) in [7, 11) is -0.930. The Bertz CT molecular complexity index is 1240.